The van der Waals surface area contributed by atoms with Crippen LogP contribution in [0.4, 0.5) is 0 Å². The van der Waals surface area contributed by atoms with Crippen molar-refractivity contribution in [2.75, 3.05) is 20.2 Å². The lowest BCUT2D eigenvalue weighted by Gasteiger charge is -2.15. The third-order valence-electron chi connectivity index (χ3n) is 2.84. The van der Waals surface area contributed by atoms with Gasteiger partial charge in [-0.25, -0.2) is 0 Å². The van der Waals surface area contributed by atoms with Crippen LogP contribution in [0, 0.1) is 0 Å². The number of benzene rings is 1. The number of aliphatic hydroxyl groups excluding tert-OH is 1. The number of hydrogen-bond acceptors (Lipinski definition) is 3. The molecule has 0 aliphatic heterocycles. The standard InChI is InChI=1S/C14H20N2O3/c1-4-16(3)14(19)12-7-5-6-11(8-12)13(18)15-10(2)9-17/h5-8,10,17H,4,9H2,1-3H3,(H,15,18). The van der Waals surface area contributed by atoms with E-state index < -0.39 is 0 Å². The Bertz CT molecular complexity index is 460. The SMILES string of the molecule is CCN(C)C(=O)c1cccc(C(=O)NC(C)CO)c1. The molecule has 0 aliphatic rings. The van der Waals surface area contributed by atoms with E-state index in [1.165, 1.54) is 0 Å². The molecule has 2 N–H and O–H groups in total. The molecule has 0 saturated heterocycles. The number of aliphatic hydroxyl groups is 1. The lowest BCUT2D eigenvalue weighted by Crippen LogP contribution is -2.35. The second kappa shape index (κ2) is 6.89. The largest absolute Gasteiger partial charge is 0.394 e. The molecule has 0 heterocycles. The zero-order valence-electron chi connectivity index (χ0n) is 11.5. The molecule has 0 aromatic heterocycles. The van der Waals surface area contributed by atoms with Crippen LogP contribution < -0.4 is 5.32 Å². The molecule has 0 bridgehead atoms. The topological polar surface area (TPSA) is 69.6 Å². The van der Waals surface area contributed by atoms with Crippen LogP contribution in [0.25, 0.3) is 0 Å². The molecule has 1 atom stereocenters. The first-order valence-corrected chi connectivity index (χ1v) is 6.26. The Balaban J connectivity index is 2.88. The number of nitrogens with one attached hydrogen (secondary N) is 1. The second-order valence-electron chi connectivity index (χ2n) is 4.46. The van der Waals surface area contributed by atoms with Gasteiger partial charge in [0.05, 0.1) is 6.61 Å². The van der Waals surface area contributed by atoms with Gasteiger partial charge in [-0.1, -0.05) is 6.07 Å². The van der Waals surface area contributed by atoms with E-state index in [4.69, 9.17) is 5.11 Å². The molecule has 0 spiro atoms. The number of rotatable bonds is 5. The van der Waals surface area contributed by atoms with Crippen LogP contribution in [0.3, 0.4) is 0 Å². The normalized spacial score (nSPS) is 11.8. The van der Waals surface area contributed by atoms with Crippen LogP contribution in [0.5, 0.6) is 0 Å². The Morgan fingerprint density at radius 3 is 2.58 bits per heavy atom. The lowest BCUT2D eigenvalue weighted by atomic mass is 10.1. The molecule has 104 valence electrons. The van der Waals surface area contributed by atoms with Gasteiger partial charge in [-0.15, -0.1) is 0 Å². The Morgan fingerprint density at radius 2 is 2.00 bits per heavy atom. The highest BCUT2D eigenvalue weighted by molar-refractivity contribution is 5.99. The highest BCUT2D eigenvalue weighted by Crippen LogP contribution is 2.08. The van der Waals surface area contributed by atoms with Gasteiger partial charge >= 0.3 is 0 Å². The van der Waals surface area contributed by atoms with Gasteiger partial charge in [-0.05, 0) is 32.0 Å². The van der Waals surface area contributed by atoms with Crippen molar-refractivity contribution >= 4 is 11.8 Å². The second-order valence-corrected chi connectivity index (χ2v) is 4.46. The maximum atomic E-state index is 12.0. The van der Waals surface area contributed by atoms with Gasteiger partial charge in [0, 0.05) is 30.8 Å². The van der Waals surface area contributed by atoms with Crippen molar-refractivity contribution in [3.8, 4) is 0 Å². The fourth-order valence-corrected chi connectivity index (χ4v) is 1.51. The van der Waals surface area contributed by atoms with Crippen LogP contribution in [-0.4, -0.2) is 48.1 Å². The quantitative estimate of drug-likeness (QED) is 0.829. The van der Waals surface area contributed by atoms with Gasteiger partial charge < -0.3 is 15.3 Å². The zero-order valence-corrected chi connectivity index (χ0v) is 11.5. The first-order valence-electron chi connectivity index (χ1n) is 6.26. The van der Waals surface area contributed by atoms with E-state index in [0.717, 1.165) is 0 Å². The van der Waals surface area contributed by atoms with Crippen molar-refractivity contribution in [1.29, 1.82) is 0 Å². The Labute approximate surface area is 113 Å². The third-order valence-corrected chi connectivity index (χ3v) is 2.84. The Kier molecular flexibility index (Phi) is 5.51. The Hall–Kier alpha value is -1.88. The minimum atomic E-state index is -0.315. The molecule has 1 unspecified atom stereocenters. The summed E-state index contributed by atoms with van der Waals surface area (Å²) in [6.07, 6.45) is 0. The van der Waals surface area contributed by atoms with E-state index in [0.29, 0.717) is 17.7 Å². The molecular weight excluding hydrogens is 244 g/mol. The summed E-state index contributed by atoms with van der Waals surface area (Å²) in [5, 5.41) is 11.5. The fraction of sp³-hybridized carbons (Fsp3) is 0.429. The minimum absolute atomic E-state index is 0.118. The van der Waals surface area contributed by atoms with Gasteiger partial charge in [0.2, 0.25) is 0 Å². The molecule has 1 rings (SSSR count). The Morgan fingerprint density at radius 1 is 1.37 bits per heavy atom. The molecule has 2 amide bonds. The summed E-state index contributed by atoms with van der Waals surface area (Å²) in [5.41, 5.74) is 0.893. The van der Waals surface area contributed by atoms with E-state index in [1.54, 1.807) is 43.1 Å². The summed E-state index contributed by atoms with van der Waals surface area (Å²) < 4.78 is 0. The van der Waals surface area contributed by atoms with Crippen molar-refractivity contribution < 1.29 is 14.7 Å². The van der Waals surface area contributed by atoms with Crippen molar-refractivity contribution in [2.45, 2.75) is 19.9 Å². The van der Waals surface area contributed by atoms with Crippen molar-refractivity contribution in [1.82, 2.24) is 10.2 Å². The monoisotopic (exact) mass is 264 g/mol. The average Bonchev–Trinajstić information content (AvgIpc) is 2.45. The summed E-state index contributed by atoms with van der Waals surface area (Å²) in [4.78, 5) is 25.4. The average molecular weight is 264 g/mol. The molecule has 0 saturated carbocycles. The van der Waals surface area contributed by atoms with Gasteiger partial charge in [-0.3, -0.25) is 9.59 Å². The maximum absolute atomic E-state index is 12.0. The van der Waals surface area contributed by atoms with Crippen molar-refractivity contribution in [3.05, 3.63) is 35.4 Å². The van der Waals surface area contributed by atoms with Gasteiger partial charge in [0.1, 0.15) is 0 Å². The predicted molar refractivity (Wildman–Crippen MR) is 73.1 cm³/mol. The fourth-order valence-electron chi connectivity index (χ4n) is 1.51. The first-order chi connectivity index (χ1) is 8.99. The lowest BCUT2D eigenvalue weighted by molar-refractivity contribution is 0.0802. The third kappa shape index (κ3) is 4.06. The van der Waals surface area contributed by atoms with Crippen LogP contribution in [0.15, 0.2) is 24.3 Å². The van der Waals surface area contributed by atoms with Crippen LogP contribution in [0.2, 0.25) is 0 Å². The number of carbonyl (C=O) groups is 2. The molecule has 5 heteroatoms. The van der Waals surface area contributed by atoms with E-state index in [2.05, 4.69) is 5.32 Å². The van der Waals surface area contributed by atoms with E-state index in [1.807, 2.05) is 6.92 Å². The van der Waals surface area contributed by atoms with Crippen LogP contribution in [0.1, 0.15) is 34.6 Å². The first kappa shape index (κ1) is 15.2. The highest BCUT2D eigenvalue weighted by atomic mass is 16.3. The van der Waals surface area contributed by atoms with Gasteiger partial charge in [0.25, 0.3) is 11.8 Å². The zero-order chi connectivity index (χ0) is 14.4. The number of hydrogen-bond donors (Lipinski definition) is 2. The molecule has 5 nitrogen and oxygen atoms in total. The molecule has 19 heavy (non-hydrogen) atoms. The van der Waals surface area contributed by atoms with Crippen LogP contribution in [-0.2, 0) is 0 Å². The van der Waals surface area contributed by atoms with E-state index in [-0.39, 0.29) is 24.5 Å². The van der Waals surface area contributed by atoms with Crippen molar-refractivity contribution in [3.63, 3.8) is 0 Å². The number of nitrogens with zero attached hydrogens (tertiary/aromatic N) is 1. The van der Waals surface area contributed by atoms with E-state index in [9.17, 15) is 9.59 Å². The number of carbonyl (C=O) groups excluding carboxylic acids is 2. The summed E-state index contributed by atoms with van der Waals surface area (Å²) in [6.45, 7) is 4.08. The molecule has 1 aromatic carbocycles. The minimum Gasteiger partial charge on any atom is -0.394 e. The maximum Gasteiger partial charge on any atom is 0.253 e. The van der Waals surface area contributed by atoms with Gasteiger partial charge in [0.15, 0.2) is 0 Å². The predicted octanol–water partition coefficient (Wildman–Crippen LogP) is 0.889. The molecule has 0 aliphatic carbocycles. The summed E-state index contributed by atoms with van der Waals surface area (Å²) in [7, 11) is 1.71. The molecule has 0 radical (unpaired) electrons. The molecular formula is C14H20N2O3. The van der Waals surface area contributed by atoms with E-state index >= 15 is 0 Å². The highest BCUT2D eigenvalue weighted by Gasteiger charge is 2.14. The van der Waals surface area contributed by atoms with Gasteiger partial charge in [-0.2, -0.15) is 0 Å². The summed E-state index contributed by atoms with van der Waals surface area (Å²) >= 11 is 0. The van der Waals surface area contributed by atoms with Crippen LogP contribution >= 0.6 is 0 Å². The summed E-state index contributed by atoms with van der Waals surface area (Å²) in [6, 6.07) is 6.25. The molecule has 0 fully saturated rings. The molecule has 1 aromatic rings. The summed E-state index contributed by atoms with van der Waals surface area (Å²) in [5.74, 6) is -0.414. The smallest absolute Gasteiger partial charge is 0.253 e. The van der Waals surface area contributed by atoms with Crippen molar-refractivity contribution in [2.24, 2.45) is 0 Å². The number of amides is 2.